The summed E-state index contributed by atoms with van der Waals surface area (Å²) in [6.45, 7) is 0.765. The van der Waals surface area contributed by atoms with Gasteiger partial charge in [-0.05, 0) is 48.0 Å². The van der Waals surface area contributed by atoms with Crippen molar-refractivity contribution in [1.29, 1.82) is 0 Å². The smallest absolute Gasteiger partial charge is 0.252 e. The van der Waals surface area contributed by atoms with E-state index in [2.05, 4.69) is 37.1 Å². The third kappa shape index (κ3) is 4.61. The van der Waals surface area contributed by atoms with Gasteiger partial charge in [-0.2, -0.15) is 0 Å². The summed E-state index contributed by atoms with van der Waals surface area (Å²) >= 11 is 0. The average molecular weight is 435 g/mol. The van der Waals surface area contributed by atoms with Crippen molar-refractivity contribution in [1.82, 2.24) is 25.3 Å². The minimum Gasteiger partial charge on any atom is -0.342 e. The molecule has 0 radical (unpaired) electrons. The Kier molecular flexibility index (Phi) is 5.58. The van der Waals surface area contributed by atoms with Gasteiger partial charge in [0.05, 0.1) is 35.0 Å². The first-order valence-corrected chi connectivity index (χ1v) is 10.7. The Labute approximate surface area is 190 Å². The van der Waals surface area contributed by atoms with Crippen LogP contribution in [0.1, 0.15) is 33.1 Å². The van der Waals surface area contributed by atoms with Crippen LogP contribution in [0.4, 0.5) is 0 Å². The number of aromatic nitrogens is 4. The summed E-state index contributed by atoms with van der Waals surface area (Å²) in [5.41, 5.74) is 11.7. The Morgan fingerprint density at radius 1 is 0.909 bits per heavy atom. The van der Waals surface area contributed by atoms with E-state index in [0.717, 1.165) is 44.8 Å². The fraction of sp³-hybridized carbons (Fsp3) is 0.115. The minimum atomic E-state index is -0.177. The maximum atomic E-state index is 12.5. The highest BCUT2D eigenvalue weighted by Gasteiger charge is 2.11. The van der Waals surface area contributed by atoms with E-state index in [4.69, 9.17) is 5.73 Å². The maximum Gasteiger partial charge on any atom is 0.252 e. The molecule has 0 fully saturated rings. The van der Waals surface area contributed by atoms with E-state index in [0.29, 0.717) is 18.5 Å². The van der Waals surface area contributed by atoms with Crippen LogP contribution in [0, 0.1) is 11.8 Å². The van der Waals surface area contributed by atoms with Crippen LogP contribution in [0.25, 0.3) is 22.1 Å². The van der Waals surface area contributed by atoms with Gasteiger partial charge in [0.1, 0.15) is 11.6 Å². The molecular formula is C26H22N6O. The van der Waals surface area contributed by atoms with Crippen LogP contribution >= 0.6 is 0 Å². The molecule has 33 heavy (non-hydrogen) atoms. The van der Waals surface area contributed by atoms with Gasteiger partial charge in [0.25, 0.3) is 5.91 Å². The largest absolute Gasteiger partial charge is 0.342 e. The van der Waals surface area contributed by atoms with Gasteiger partial charge in [0, 0.05) is 17.7 Å². The zero-order chi connectivity index (χ0) is 22.6. The number of carbonyl (C=O) groups is 1. The number of nitrogens with zero attached hydrogens (tertiary/aromatic N) is 2. The fourth-order valence-electron chi connectivity index (χ4n) is 3.66. The molecule has 2 heterocycles. The second-order valence-electron chi connectivity index (χ2n) is 7.68. The van der Waals surface area contributed by atoms with Crippen molar-refractivity contribution in [2.45, 2.75) is 13.0 Å². The number of hydrogen-bond donors (Lipinski definition) is 4. The molecule has 0 bridgehead atoms. The van der Waals surface area contributed by atoms with E-state index in [1.807, 2.05) is 54.6 Å². The van der Waals surface area contributed by atoms with Crippen molar-refractivity contribution < 1.29 is 4.79 Å². The molecule has 0 spiro atoms. The molecule has 0 aliphatic rings. The SMILES string of the molecule is NCc1ccc2nc(Cc3nc4ccc(C(=O)NCC#Cc5ccccc5)cc4[nH]3)[nH]c2c1. The Bertz CT molecular complexity index is 1500. The fourth-order valence-corrected chi connectivity index (χ4v) is 3.66. The number of hydrogen-bond acceptors (Lipinski definition) is 4. The van der Waals surface area contributed by atoms with Gasteiger partial charge in [0.2, 0.25) is 0 Å². The van der Waals surface area contributed by atoms with E-state index < -0.39 is 0 Å². The molecule has 0 atom stereocenters. The number of nitrogens with two attached hydrogens (primary N) is 1. The van der Waals surface area contributed by atoms with Gasteiger partial charge < -0.3 is 21.0 Å². The topological polar surface area (TPSA) is 112 Å². The second-order valence-corrected chi connectivity index (χ2v) is 7.68. The van der Waals surface area contributed by atoms with Gasteiger partial charge in [-0.1, -0.05) is 36.1 Å². The summed E-state index contributed by atoms with van der Waals surface area (Å²) in [4.78, 5) is 28.4. The third-order valence-corrected chi connectivity index (χ3v) is 5.30. The Balaban J connectivity index is 1.27. The predicted octanol–water partition coefficient (Wildman–Crippen LogP) is 3.27. The zero-order valence-corrected chi connectivity index (χ0v) is 17.9. The third-order valence-electron chi connectivity index (χ3n) is 5.30. The van der Waals surface area contributed by atoms with E-state index in [1.54, 1.807) is 12.1 Å². The average Bonchev–Trinajstić information content (AvgIpc) is 3.44. The molecule has 7 nitrogen and oxygen atoms in total. The van der Waals surface area contributed by atoms with Crippen LogP contribution in [0.15, 0.2) is 66.7 Å². The molecule has 3 aromatic carbocycles. The summed E-state index contributed by atoms with van der Waals surface area (Å²) in [6.07, 6.45) is 0.526. The lowest BCUT2D eigenvalue weighted by Gasteiger charge is -2.01. The summed E-state index contributed by atoms with van der Waals surface area (Å²) in [7, 11) is 0. The first kappa shape index (κ1) is 20.5. The Hall–Kier alpha value is -4.41. The monoisotopic (exact) mass is 434 g/mol. The van der Waals surface area contributed by atoms with E-state index in [1.165, 1.54) is 0 Å². The lowest BCUT2D eigenvalue weighted by Crippen LogP contribution is -2.23. The number of nitrogens with one attached hydrogen (secondary N) is 3. The molecule has 0 aliphatic heterocycles. The molecule has 7 heteroatoms. The summed E-state index contributed by atoms with van der Waals surface area (Å²) in [6, 6.07) is 21.0. The van der Waals surface area contributed by atoms with Crippen LogP contribution in [-0.4, -0.2) is 32.4 Å². The maximum absolute atomic E-state index is 12.5. The molecule has 2 aromatic heterocycles. The minimum absolute atomic E-state index is 0.177. The molecule has 5 rings (SSSR count). The molecule has 0 aliphatic carbocycles. The Morgan fingerprint density at radius 2 is 1.61 bits per heavy atom. The number of H-pyrrole nitrogens is 2. The summed E-state index contributed by atoms with van der Waals surface area (Å²) < 4.78 is 0. The number of rotatable bonds is 5. The molecule has 5 N–H and O–H groups in total. The van der Waals surface area contributed by atoms with Crippen molar-refractivity contribution in [2.24, 2.45) is 5.73 Å². The highest BCUT2D eigenvalue weighted by molar-refractivity contribution is 5.97. The van der Waals surface area contributed by atoms with Gasteiger partial charge in [0.15, 0.2) is 0 Å². The molecular weight excluding hydrogens is 412 g/mol. The molecule has 1 amide bonds. The molecule has 0 saturated heterocycles. The van der Waals surface area contributed by atoms with Crippen LogP contribution in [0.2, 0.25) is 0 Å². The Morgan fingerprint density at radius 3 is 2.33 bits per heavy atom. The molecule has 0 unspecified atom stereocenters. The van der Waals surface area contributed by atoms with Crippen LogP contribution in [0.5, 0.6) is 0 Å². The van der Waals surface area contributed by atoms with Gasteiger partial charge in [-0.3, -0.25) is 4.79 Å². The lowest BCUT2D eigenvalue weighted by molar-refractivity contribution is 0.0959. The van der Waals surface area contributed by atoms with Crippen LogP contribution in [-0.2, 0) is 13.0 Å². The van der Waals surface area contributed by atoms with Crippen LogP contribution < -0.4 is 11.1 Å². The van der Waals surface area contributed by atoms with E-state index in [-0.39, 0.29) is 12.5 Å². The van der Waals surface area contributed by atoms with Gasteiger partial charge >= 0.3 is 0 Å². The first-order valence-electron chi connectivity index (χ1n) is 10.7. The van der Waals surface area contributed by atoms with Gasteiger partial charge in [-0.15, -0.1) is 0 Å². The highest BCUT2D eigenvalue weighted by Crippen LogP contribution is 2.18. The van der Waals surface area contributed by atoms with Gasteiger partial charge in [-0.25, -0.2) is 9.97 Å². The van der Waals surface area contributed by atoms with Crippen molar-refractivity contribution in [2.75, 3.05) is 6.54 Å². The summed E-state index contributed by atoms with van der Waals surface area (Å²) in [5.74, 6) is 7.41. The van der Waals surface area contributed by atoms with Crippen molar-refractivity contribution in [3.05, 3.63) is 95.1 Å². The predicted molar refractivity (Wildman–Crippen MR) is 129 cm³/mol. The normalized spacial score (nSPS) is 10.8. The number of carbonyl (C=O) groups excluding carboxylic acids is 1. The van der Waals surface area contributed by atoms with E-state index >= 15 is 0 Å². The van der Waals surface area contributed by atoms with Crippen molar-refractivity contribution in [3.63, 3.8) is 0 Å². The standard InChI is InChI=1S/C26H22N6O/c27-16-18-8-10-20-22(13-18)31-24(29-20)15-25-30-21-11-9-19(14-23(21)32-25)26(33)28-12-4-7-17-5-2-1-3-6-17/h1-3,5-6,8-11,13-14H,12,15-16,27H2,(H,28,33)(H,29,31)(H,30,32). The second kappa shape index (κ2) is 8.99. The number of fused-ring (bicyclic) bond motifs is 2. The quantitative estimate of drug-likeness (QED) is 0.318. The number of aromatic amines is 2. The lowest BCUT2D eigenvalue weighted by atomic mass is 10.2. The number of amides is 1. The van der Waals surface area contributed by atoms with Crippen molar-refractivity contribution >= 4 is 28.0 Å². The zero-order valence-electron chi connectivity index (χ0n) is 17.9. The van der Waals surface area contributed by atoms with Crippen LogP contribution in [0.3, 0.4) is 0 Å². The van der Waals surface area contributed by atoms with Crippen molar-refractivity contribution in [3.8, 4) is 11.8 Å². The molecule has 5 aromatic rings. The first-order chi connectivity index (χ1) is 16.2. The highest BCUT2D eigenvalue weighted by atomic mass is 16.1. The number of imidazole rings is 2. The summed E-state index contributed by atoms with van der Waals surface area (Å²) in [5, 5.41) is 2.83. The number of benzene rings is 3. The molecule has 0 saturated carbocycles. The van der Waals surface area contributed by atoms with E-state index in [9.17, 15) is 4.79 Å². The molecule has 162 valence electrons.